The second-order valence-electron chi connectivity index (χ2n) is 4.01. The summed E-state index contributed by atoms with van der Waals surface area (Å²) in [6, 6.07) is 9.72. The average molecular weight is 257 g/mol. The van der Waals surface area contributed by atoms with Gasteiger partial charge in [0.05, 0.1) is 0 Å². The molecule has 100 valence electrons. The Hall–Kier alpha value is -2.28. The fourth-order valence-electron chi connectivity index (χ4n) is 1.82. The molecule has 1 rings (SSSR count). The van der Waals surface area contributed by atoms with E-state index in [0.717, 1.165) is 24.3 Å². The number of hydrogen-bond acceptors (Lipinski definition) is 3. The van der Waals surface area contributed by atoms with E-state index in [0.29, 0.717) is 0 Å². The molecule has 0 radical (unpaired) electrons. The minimum absolute atomic E-state index is 0.109. The number of hydrogen-bond donors (Lipinski definition) is 1. The van der Waals surface area contributed by atoms with E-state index in [4.69, 9.17) is 5.26 Å². The third kappa shape index (κ3) is 3.85. The molecule has 0 atom stereocenters. The Kier molecular flexibility index (Phi) is 5.62. The van der Waals surface area contributed by atoms with Crippen LogP contribution in [0.2, 0.25) is 0 Å². The molecule has 0 fully saturated rings. The Labute approximate surface area is 114 Å². The Morgan fingerprint density at radius 1 is 1.32 bits per heavy atom. The van der Waals surface area contributed by atoms with Gasteiger partial charge in [-0.15, -0.1) is 0 Å². The SMILES string of the molecule is CCN(CC)c1ccc(C=C(C#N)C(=O)NC)cc1. The normalized spacial score (nSPS) is 10.7. The van der Waals surface area contributed by atoms with Gasteiger partial charge in [0.1, 0.15) is 11.6 Å². The molecule has 0 aromatic heterocycles. The highest BCUT2D eigenvalue weighted by atomic mass is 16.1. The van der Waals surface area contributed by atoms with E-state index in [1.807, 2.05) is 30.3 Å². The van der Waals surface area contributed by atoms with Crippen LogP contribution in [0.25, 0.3) is 6.08 Å². The van der Waals surface area contributed by atoms with Crippen LogP contribution < -0.4 is 10.2 Å². The molecule has 0 bridgehead atoms. The number of anilines is 1. The number of nitriles is 1. The van der Waals surface area contributed by atoms with E-state index in [-0.39, 0.29) is 11.5 Å². The fourth-order valence-corrected chi connectivity index (χ4v) is 1.82. The zero-order valence-electron chi connectivity index (χ0n) is 11.6. The van der Waals surface area contributed by atoms with Gasteiger partial charge >= 0.3 is 0 Å². The Bertz CT molecular complexity index is 493. The first kappa shape index (κ1) is 14.8. The van der Waals surface area contributed by atoms with Crippen molar-refractivity contribution in [3.05, 3.63) is 35.4 Å². The van der Waals surface area contributed by atoms with Crippen LogP contribution >= 0.6 is 0 Å². The third-order valence-electron chi connectivity index (χ3n) is 2.92. The standard InChI is InChI=1S/C15H19N3O/c1-4-18(5-2)14-8-6-12(7-9-14)10-13(11-16)15(19)17-3/h6-10H,4-5H2,1-3H3,(H,17,19). The monoisotopic (exact) mass is 257 g/mol. The number of carbonyl (C=O) groups is 1. The van der Waals surface area contributed by atoms with Crippen LogP contribution in [-0.2, 0) is 4.79 Å². The molecule has 1 amide bonds. The van der Waals surface area contributed by atoms with Crippen LogP contribution in [0.4, 0.5) is 5.69 Å². The Balaban J connectivity index is 2.96. The molecule has 0 unspecified atom stereocenters. The quantitative estimate of drug-likeness (QED) is 0.650. The van der Waals surface area contributed by atoms with Crippen LogP contribution in [0.15, 0.2) is 29.8 Å². The predicted molar refractivity (Wildman–Crippen MR) is 77.7 cm³/mol. The Morgan fingerprint density at radius 2 is 1.89 bits per heavy atom. The van der Waals surface area contributed by atoms with Crippen molar-refractivity contribution in [3.8, 4) is 6.07 Å². The molecule has 0 spiro atoms. The minimum atomic E-state index is -0.365. The van der Waals surface area contributed by atoms with Gasteiger partial charge in [-0.1, -0.05) is 12.1 Å². The molecule has 0 aliphatic carbocycles. The first-order valence-electron chi connectivity index (χ1n) is 6.35. The van der Waals surface area contributed by atoms with Crippen molar-refractivity contribution in [2.45, 2.75) is 13.8 Å². The molecule has 1 N–H and O–H groups in total. The lowest BCUT2D eigenvalue weighted by atomic mass is 10.1. The van der Waals surface area contributed by atoms with Gasteiger partial charge in [-0.05, 0) is 37.6 Å². The topological polar surface area (TPSA) is 56.1 Å². The number of rotatable bonds is 5. The summed E-state index contributed by atoms with van der Waals surface area (Å²) >= 11 is 0. The molecule has 0 heterocycles. The summed E-state index contributed by atoms with van der Waals surface area (Å²) in [5, 5.41) is 11.4. The first-order chi connectivity index (χ1) is 9.15. The van der Waals surface area contributed by atoms with Crippen LogP contribution in [0, 0.1) is 11.3 Å². The molecule has 19 heavy (non-hydrogen) atoms. The van der Waals surface area contributed by atoms with Crippen LogP contribution in [-0.4, -0.2) is 26.0 Å². The summed E-state index contributed by atoms with van der Waals surface area (Å²) < 4.78 is 0. The van der Waals surface area contributed by atoms with Crippen molar-refractivity contribution < 1.29 is 4.79 Å². The van der Waals surface area contributed by atoms with Gasteiger partial charge < -0.3 is 10.2 Å². The van der Waals surface area contributed by atoms with Gasteiger partial charge in [-0.2, -0.15) is 5.26 Å². The maximum Gasteiger partial charge on any atom is 0.261 e. The molecule has 0 aliphatic heterocycles. The second kappa shape index (κ2) is 7.22. The summed E-state index contributed by atoms with van der Waals surface area (Å²) in [7, 11) is 1.51. The highest BCUT2D eigenvalue weighted by Crippen LogP contribution is 2.16. The van der Waals surface area contributed by atoms with Crippen LogP contribution in [0.3, 0.4) is 0 Å². The van der Waals surface area contributed by atoms with Crippen molar-refractivity contribution in [1.29, 1.82) is 5.26 Å². The lowest BCUT2D eigenvalue weighted by Crippen LogP contribution is -2.21. The molecular formula is C15H19N3O. The molecule has 1 aromatic carbocycles. The summed E-state index contributed by atoms with van der Waals surface area (Å²) in [6.07, 6.45) is 1.59. The van der Waals surface area contributed by atoms with Crippen molar-refractivity contribution >= 4 is 17.7 Å². The molecular weight excluding hydrogens is 238 g/mol. The lowest BCUT2D eigenvalue weighted by Gasteiger charge is -2.20. The zero-order chi connectivity index (χ0) is 14.3. The van der Waals surface area contributed by atoms with Crippen molar-refractivity contribution in [1.82, 2.24) is 5.32 Å². The van der Waals surface area contributed by atoms with Gasteiger partial charge in [-0.25, -0.2) is 0 Å². The number of carbonyl (C=O) groups excluding carboxylic acids is 1. The van der Waals surface area contributed by atoms with E-state index < -0.39 is 0 Å². The fraction of sp³-hybridized carbons (Fsp3) is 0.333. The van der Waals surface area contributed by atoms with Gasteiger partial charge in [-0.3, -0.25) is 4.79 Å². The summed E-state index contributed by atoms with van der Waals surface area (Å²) in [6.45, 7) is 6.12. The number of amides is 1. The van der Waals surface area contributed by atoms with Crippen molar-refractivity contribution in [3.63, 3.8) is 0 Å². The average Bonchev–Trinajstić information content (AvgIpc) is 2.46. The molecule has 4 heteroatoms. The second-order valence-corrected chi connectivity index (χ2v) is 4.01. The van der Waals surface area contributed by atoms with Gasteiger partial charge in [0, 0.05) is 25.8 Å². The van der Waals surface area contributed by atoms with E-state index in [2.05, 4.69) is 24.1 Å². The largest absolute Gasteiger partial charge is 0.372 e. The lowest BCUT2D eigenvalue weighted by molar-refractivity contribution is -0.116. The summed E-state index contributed by atoms with van der Waals surface area (Å²) in [4.78, 5) is 13.6. The summed E-state index contributed by atoms with van der Waals surface area (Å²) in [5.74, 6) is -0.365. The first-order valence-corrected chi connectivity index (χ1v) is 6.35. The highest BCUT2D eigenvalue weighted by molar-refractivity contribution is 6.01. The van der Waals surface area contributed by atoms with Gasteiger partial charge in [0.25, 0.3) is 5.91 Å². The Morgan fingerprint density at radius 3 is 2.32 bits per heavy atom. The molecule has 0 saturated heterocycles. The maximum absolute atomic E-state index is 11.4. The van der Waals surface area contributed by atoms with Gasteiger partial charge in [0.15, 0.2) is 0 Å². The van der Waals surface area contributed by atoms with E-state index in [1.54, 1.807) is 6.08 Å². The van der Waals surface area contributed by atoms with E-state index in [1.165, 1.54) is 7.05 Å². The number of nitrogens with zero attached hydrogens (tertiary/aromatic N) is 2. The van der Waals surface area contributed by atoms with Crippen LogP contribution in [0.1, 0.15) is 19.4 Å². The van der Waals surface area contributed by atoms with E-state index >= 15 is 0 Å². The molecule has 1 aromatic rings. The van der Waals surface area contributed by atoms with Crippen LogP contribution in [0.5, 0.6) is 0 Å². The predicted octanol–water partition coefficient (Wildman–Crippen LogP) is 2.19. The number of likely N-dealkylation sites (N-methyl/N-ethyl adjacent to an activating group) is 1. The third-order valence-corrected chi connectivity index (χ3v) is 2.92. The molecule has 4 nitrogen and oxygen atoms in total. The zero-order valence-corrected chi connectivity index (χ0v) is 11.6. The minimum Gasteiger partial charge on any atom is -0.372 e. The maximum atomic E-state index is 11.4. The molecule has 0 saturated carbocycles. The van der Waals surface area contributed by atoms with E-state index in [9.17, 15) is 4.79 Å². The summed E-state index contributed by atoms with van der Waals surface area (Å²) in [5.41, 5.74) is 2.09. The van der Waals surface area contributed by atoms with Crippen molar-refractivity contribution in [2.75, 3.05) is 25.0 Å². The smallest absolute Gasteiger partial charge is 0.261 e. The van der Waals surface area contributed by atoms with Gasteiger partial charge in [0.2, 0.25) is 0 Å². The highest BCUT2D eigenvalue weighted by Gasteiger charge is 2.06. The molecule has 0 aliphatic rings. The van der Waals surface area contributed by atoms with Crippen molar-refractivity contribution in [2.24, 2.45) is 0 Å². The number of nitrogens with one attached hydrogen (secondary N) is 1. The number of benzene rings is 1.